The summed E-state index contributed by atoms with van der Waals surface area (Å²) in [6, 6.07) is 10.7. The normalized spacial score (nSPS) is 11.6. The fraction of sp³-hybridized carbons (Fsp3) is 0.316. The molecule has 0 bridgehead atoms. The van der Waals surface area contributed by atoms with E-state index in [1.165, 1.54) is 14.2 Å². The van der Waals surface area contributed by atoms with Gasteiger partial charge in [-0.1, -0.05) is 12.1 Å². The molecule has 0 aliphatic carbocycles. The molecule has 2 rings (SSSR count). The zero-order chi connectivity index (χ0) is 19.1. The molecule has 0 aliphatic heterocycles. The van der Waals surface area contributed by atoms with E-state index in [-0.39, 0.29) is 40.7 Å². The molecule has 0 amide bonds. The van der Waals surface area contributed by atoms with Crippen LogP contribution in [0.4, 0.5) is 0 Å². The topological polar surface area (TPSA) is 63.2 Å². The molecule has 2 unspecified atom stereocenters. The van der Waals surface area contributed by atoms with E-state index in [1.54, 1.807) is 33.3 Å². The van der Waals surface area contributed by atoms with Crippen LogP contribution in [0.5, 0.6) is 23.0 Å². The van der Waals surface area contributed by atoms with E-state index in [2.05, 4.69) is 0 Å². The van der Waals surface area contributed by atoms with Gasteiger partial charge in [0, 0.05) is 19.2 Å². The molecule has 0 N–H and O–H groups in total. The minimum atomic E-state index is -0.335. The van der Waals surface area contributed by atoms with Crippen LogP contribution >= 0.6 is 8.58 Å². The summed E-state index contributed by atoms with van der Waals surface area (Å²) in [7, 11) is 6.07. The zero-order valence-electron chi connectivity index (χ0n) is 17.5. The van der Waals surface area contributed by atoms with Crippen molar-refractivity contribution in [1.29, 1.82) is 0 Å². The second-order valence-corrected chi connectivity index (χ2v) is 6.59. The van der Waals surface area contributed by atoms with E-state index < -0.39 is 0 Å². The molecule has 0 aromatic heterocycles. The van der Waals surface area contributed by atoms with Gasteiger partial charge in [0.2, 0.25) is 0 Å². The molecular formula is C19H24LiO6P. The van der Waals surface area contributed by atoms with E-state index in [4.69, 9.17) is 23.7 Å². The number of benzene rings is 2. The van der Waals surface area contributed by atoms with Gasteiger partial charge in [-0.15, -0.1) is 0 Å². The SMILES string of the molecule is COc1cc(OC)c(C(=O)Pc2ccc(OC(C)OC)cc2)c(OC)c1.[H-].[Li+]. The Morgan fingerprint density at radius 2 is 1.48 bits per heavy atom. The van der Waals surface area contributed by atoms with Crippen LogP contribution < -0.4 is 43.1 Å². The molecule has 0 aliphatic rings. The van der Waals surface area contributed by atoms with E-state index in [0.717, 1.165) is 5.30 Å². The third kappa shape index (κ3) is 6.16. The Hall–Kier alpha value is -1.70. The predicted molar refractivity (Wildman–Crippen MR) is 103 cm³/mol. The van der Waals surface area contributed by atoms with Crippen molar-refractivity contribution in [2.24, 2.45) is 0 Å². The summed E-state index contributed by atoms with van der Waals surface area (Å²) in [6.45, 7) is 1.81. The van der Waals surface area contributed by atoms with Crippen molar-refractivity contribution in [3.05, 3.63) is 42.0 Å². The van der Waals surface area contributed by atoms with Gasteiger partial charge in [-0.05, 0) is 32.9 Å². The Morgan fingerprint density at radius 1 is 0.926 bits per heavy atom. The van der Waals surface area contributed by atoms with Gasteiger partial charge in [-0.25, -0.2) is 0 Å². The number of carbonyl (C=O) groups excluding carboxylic acids is 1. The van der Waals surface area contributed by atoms with Crippen LogP contribution in [0, 0.1) is 0 Å². The first-order valence-electron chi connectivity index (χ1n) is 7.93. The molecule has 0 heterocycles. The molecule has 0 fully saturated rings. The summed E-state index contributed by atoms with van der Waals surface area (Å²) in [5, 5.41) is 0.882. The number of hydrogen-bond donors (Lipinski definition) is 0. The zero-order valence-corrected chi connectivity index (χ0v) is 17.5. The quantitative estimate of drug-likeness (QED) is 0.352. The molecule has 0 spiro atoms. The molecule has 8 heteroatoms. The van der Waals surface area contributed by atoms with Crippen molar-refractivity contribution >= 4 is 19.4 Å². The molecular weight excluding hydrogens is 362 g/mol. The number of ether oxygens (including phenoxy) is 5. The minimum absolute atomic E-state index is 0. The Kier molecular flexibility index (Phi) is 9.69. The smallest absolute Gasteiger partial charge is 1.00 e. The van der Waals surface area contributed by atoms with Crippen LogP contribution in [0.1, 0.15) is 18.7 Å². The maximum atomic E-state index is 12.8. The third-order valence-corrected chi connectivity index (χ3v) is 4.79. The van der Waals surface area contributed by atoms with Crippen LogP contribution in [-0.2, 0) is 4.74 Å². The number of methoxy groups -OCH3 is 4. The number of carbonyl (C=O) groups is 1. The Labute approximate surface area is 174 Å². The van der Waals surface area contributed by atoms with Gasteiger partial charge in [0.15, 0.2) is 11.8 Å². The Balaban J connectivity index is 0.00000364. The van der Waals surface area contributed by atoms with Crippen molar-refractivity contribution in [3.63, 3.8) is 0 Å². The maximum Gasteiger partial charge on any atom is 1.00 e. The third-order valence-electron chi connectivity index (χ3n) is 3.69. The van der Waals surface area contributed by atoms with Crippen molar-refractivity contribution in [1.82, 2.24) is 0 Å². The molecule has 2 aromatic carbocycles. The summed E-state index contributed by atoms with van der Waals surface area (Å²) >= 11 is 0. The van der Waals surface area contributed by atoms with E-state index in [9.17, 15) is 4.79 Å². The summed E-state index contributed by atoms with van der Waals surface area (Å²) < 4.78 is 26.5. The summed E-state index contributed by atoms with van der Waals surface area (Å²) in [6.07, 6.45) is -0.335. The second-order valence-electron chi connectivity index (χ2n) is 5.31. The molecule has 27 heavy (non-hydrogen) atoms. The molecule has 2 aromatic rings. The van der Waals surface area contributed by atoms with Crippen molar-refractivity contribution in [2.45, 2.75) is 13.2 Å². The predicted octanol–water partition coefficient (Wildman–Crippen LogP) is 0.344. The average Bonchev–Trinajstić information content (AvgIpc) is 2.67. The van der Waals surface area contributed by atoms with Gasteiger partial charge in [0.05, 0.1) is 21.3 Å². The van der Waals surface area contributed by atoms with E-state index >= 15 is 0 Å². The fourth-order valence-electron chi connectivity index (χ4n) is 2.28. The van der Waals surface area contributed by atoms with Crippen LogP contribution in [0.25, 0.3) is 0 Å². The minimum Gasteiger partial charge on any atom is -1.00 e. The Morgan fingerprint density at radius 3 is 1.93 bits per heavy atom. The molecule has 142 valence electrons. The van der Waals surface area contributed by atoms with Gasteiger partial charge >= 0.3 is 18.9 Å². The van der Waals surface area contributed by atoms with Gasteiger partial charge in [-0.3, -0.25) is 4.79 Å². The molecule has 0 saturated heterocycles. The molecule has 2 atom stereocenters. The molecule has 0 radical (unpaired) electrons. The van der Waals surface area contributed by atoms with Crippen LogP contribution in [0.3, 0.4) is 0 Å². The van der Waals surface area contributed by atoms with Gasteiger partial charge in [0.25, 0.3) is 0 Å². The van der Waals surface area contributed by atoms with Crippen molar-refractivity contribution < 1.29 is 48.8 Å². The summed E-state index contributed by atoms with van der Waals surface area (Å²) in [5.74, 6) is 2.09. The van der Waals surface area contributed by atoms with Gasteiger partial charge in [-0.2, -0.15) is 0 Å². The standard InChI is InChI=1S/C19H23O6P.Li.H/c1-12(21-2)25-13-6-8-15(9-7-13)26-19(20)18-16(23-4)10-14(22-3)11-17(18)24-5;;/h6-12,26H,1-5H3;;/q;+1;-1. The second kappa shape index (κ2) is 11.2. The number of rotatable bonds is 9. The fourth-order valence-corrected chi connectivity index (χ4v) is 3.25. The van der Waals surface area contributed by atoms with Crippen LogP contribution in [0.15, 0.2) is 36.4 Å². The van der Waals surface area contributed by atoms with Gasteiger partial charge in [0.1, 0.15) is 28.6 Å². The molecule has 0 saturated carbocycles. The maximum absolute atomic E-state index is 12.8. The van der Waals surface area contributed by atoms with Gasteiger partial charge < -0.3 is 25.1 Å². The van der Waals surface area contributed by atoms with E-state index in [1.807, 2.05) is 24.3 Å². The summed E-state index contributed by atoms with van der Waals surface area (Å²) in [4.78, 5) is 12.8. The van der Waals surface area contributed by atoms with E-state index in [0.29, 0.717) is 28.6 Å². The first-order chi connectivity index (χ1) is 12.5. The summed E-state index contributed by atoms with van der Waals surface area (Å²) in [5.41, 5.74) is 0.322. The van der Waals surface area contributed by atoms with Crippen molar-refractivity contribution in [3.8, 4) is 23.0 Å². The average molecular weight is 386 g/mol. The van der Waals surface area contributed by atoms with Crippen LogP contribution in [0.2, 0.25) is 0 Å². The van der Waals surface area contributed by atoms with Crippen molar-refractivity contribution in [2.75, 3.05) is 28.4 Å². The number of hydrogen-bond acceptors (Lipinski definition) is 6. The molecule has 6 nitrogen and oxygen atoms in total. The largest absolute Gasteiger partial charge is 1.00 e. The Bertz CT molecular complexity index is 732. The first-order valence-corrected chi connectivity index (χ1v) is 8.93. The first kappa shape index (κ1) is 23.3. The monoisotopic (exact) mass is 386 g/mol. The van der Waals surface area contributed by atoms with Crippen LogP contribution in [-0.4, -0.2) is 40.3 Å².